The van der Waals surface area contributed by atoms with Crippen molar-refractivity contribution in [3.63, 3.8) is 0 Å². The van der Waals surface area contributed by atoms with Gasteiger partial charge in [-0.3, -0.25) is 0 Å². The summed E-state index contributed by atoms with van der Waals surface area (Å²) in [6.07, 6.45) is 1.99. The average Bonchev–Trinajstić information content (AvgIpc) is 2.71. The molecule has 1 atom stereocenters. The van der Waals surface area contributed by atoms with Crippen LogP contribution in [0, 0.1) is 0 Å². The predicted molar refractivity (Wildman–Crippen MR) is 77.7 cm³/mol. The molecule has 0 aliphatic carbocycles. The Morgan fingerprint density at radius 1 is 1.50 bits per heavy atom. The second-order valence-electron chi connectivity index (χ2n) is 3.45. The summed E-state index contributed by atoms with van der Waals surface area (Å²) in [7, 11) is 1.95. The molecule has 18 heavy (non-hydrogen) atoms. The minimum absolute atomic E-state index is 0.0328. The van der Waals surface area contributed by atoms with E-state index in [1.807, 2.05) is 17.6 Å². The van der Waals surface area contributed by atoms with E-state index >= 15 is 0 Å². The van der Waals surface area contributed by atoms with Gasteiger partial charge in [0.2, 0.25) is 5.17 Å². The van der Waals surface area contributed by atoms with Gasteiger partial charge in [-0.2, -0.15) is 0 Å². The second kappa shape index (κ2) is 5.92. The molecule has 1 aliphatic heterocycles. The van der Waals surface area contributed by atoms with Gasteiger partial charge in [-0.1, -0.05) is 11.6 Å². The van der Waals surface area contributed by atoms with Gasteiger partial charge in [-0.15, -0.1) is 22.0 Å². The number of thioether (sulfide) groups is 1. The van der Waals surface area contributed by atoms with Crippen LogP contribution in [0.5, 0.6) is 5.75 Å². The minimum Gasteiger partial charge on any atom is -0.506 e. The Morgan fingerprint density at radius 2 is 2.28 bits per heavy atom. The average molecular weight is 303 g/mol. The first-order valence-corrected chi connectivity index (χ1v) is 7.45. The lowest BCUT2D eigenvalue weighted by Crippen LogP contribution is -2.14. The number of amidine groups is 1. The van der Waals surface area contributed by atoms with Crippen molar-refractivity contribution in [1.29, 1.82) is 0 Å². The lowest BCUT2D eigenvalue weighted by Gasteiger charge is -2.11. The van der Waals surface area contributed by atoms with E-state index in [0.717, 1.165) is 0 Å². The van der Waals surface area contributed by atoms with Crippen molar-refractivity contribution in [3.05, 3.63) is 23.2 Å². The van der Waals surface area contributed by atoms with Gasteiger partial charge in [0, 0.05) is 19.0 Å². The maximum atomic E-state index is 9.28. The number of phenols is 1. The fourth-order valence-corrected chi connectivity index (χ4v) is 3.03. The number of hydrogen-bond acceptors (Lipinski definition) is 7. The monoisotopic (exact) mass is 302 g/mol. The van der Waals surface area contributed by atoms with Crippen LogP contribution in [0.2, 0.25) is 5.02 Å². The van der Waals surface area contributed by atoms with Crippen LogP contribution in [0.3, 0.4) is 0 Å². The minimum atomic E-state index is 0.0328. The highest BCUT2D eigenvalue weighted by atomic mass is 35.5. The molecule has 1 aromatic rings. The molecule has 0 saturated carbocycles. The maximum Gasteiger partial charge on any atom is 0.222 e. The van der Waals surface area contributed by atoms with Crippen LogP contribution in [0.15, 0.2) is 33.4 Å². The molecule has 1 N–H and O–H groups in total. The normalized spacial score (nSPS) is 20.6. The molecule has 0 spiro atoms. The molecule has 0 amide bonds. The van der Waals surface area contributed by atoms with Crippen molar-refractivity contribution in [2.45, 2.75) is 5.50 Å². The highest BCUT2D eigenvalue weighted by molar-refractivity contribution is 8.13. The zero-order valence-corrected chi connectivity index (χ0v) is 12.1. The van der Waals surface area contributed by atoms with E-state index in [1.54, 1.807) is 23.9 Å². The summed E-state index contributed by atoms with van der Waals surface area (Å²) in [5.74, 6) is 0.0328. The van der Waals surface area contributed by atoms with Crippen molar-refractivity contribution < 1.29 is 5.11 Å². The van der Waals surface area contributed by atoms with Crippen molar-refractivity contribution >= 4 is 46.2 Å². The standard InChI is InChI=1S/C10H11ClN4OS2/c1-15-10(17-2)12-9(18-15)14-13-6-3-4-8(16)7(11)5-6/h3-5,10,16H,1-2H3/b14-13+. The van der Waals surface area contributed by atoms with E-state index in [9.17, 15) is 5.11 Å². The summed E-state index contributed by atoms with van der Waals surface area (Å²) in [6, 6.07) is 4.67. The topological polar surface area (TPSA) is 60.6 Å². The number of hydrogen-bond donors (Lipinski definition) is 1. The molecule has 2 rings (SSSR count). The highest BCUT2D eigenvalue weighted by Gasteiger charge is 2.23. The zero-order valence-electron chi connectivity index (χ0n) is 9.74. The first kappa shape index (κ1) is 13.7. The third-order valence-corrected chi connectivity index (χ3v) is 4.27. The quantitative estimate of drug-likeness (QED) is 0.668. The first-order chi connectivity index (χ1) is 8.60. The molecular weight excluding hydrogens is 292 g/mol. The van der Waals surface area contributed by atoms with E-state index in [2.05, 4.69) is 15.2 Å². The fourth-order valence-electron chi connectivity index (χ4n) is 1.28. The van der Waals surface area contributed by atoms with Crippen LogP contribution in [-0.2, 0) is 0 Å². The number of rotatable bonds is 2. The van der Waals surface area contributed by atoms with Gasteiger partial charge in [-0.05, 0) is 24.5 Å². The van der Waals surface area contributed by atoms with E-state index in [1.165, 1.54) is 18.0 Å². The molecule has 0 aromatic heterocycles. The molecule has 1 aliphatic rings. The molecule has 0 saturated heterocycles. The number of phenolic OH excluding ortho intramolecular Hbond substituents is 1. The summed E-state index contributed by atoms with van der Waals surface area (Å²) < 4.78 is 2.00. The van der Waals surface area contributed by atoms with Gasteiger partial charge in [-0.25, -0.2) is 9.30 Å². The molecule has 1 heterocycles. The first-order valence-electron chi connectivity index (χ1n) is 5.02. The van der Waals surface area contributed by atoms with Crippen molar-refractivity contribution in [2.75, 3.05) is 13.3 Å². The van der Waals surface area contributed by atoms with Crippen LogP contribution in [0.4, 0.5) is 5.69 Å². The Kier molecular flexibility index (Phi) is 4.50. The fraction of sp³-hybridized carbons (Fsp3) is 0.300. The highest BCUT2D eigenvalue weighted by Crippen LogP contribution is 2.31. The van der Waals surface area contributed by atoms with E-state index in [0.29, 0.717) is 10.9 Å². The molecule has 0 bridgehead atoms. The number of azo groups is 1. The lowest BCUT2D eigenvalue weighted by atomic mass is 10.3. The van der Waals surface area contributed by atoms with E-state index in [-0.39, 0.29) is 16.3 Å². The number of aliphatic imine (C=N–C) groups is 1. The number of aromatic hydroxyl groups is 1. The third kappa shape index (κ3) is 3.17. The molecule has 0 radical (unpaired) electrons. The van der Waals surface area contributed by atoms with E-state index < -0.39 is 0 Å². The number of halogens is 1. The summed E-state index contributed by atoms with van der Waals surface area (Å²) >= 11 is 8.86. The molecule has 0 fully saturated rings. The zero-order chi connectivity index (χ0) is 13.1. The van der Waals surface area contributed by atoms with Gasteiger partial charge < -0.3 is 5.11 Å². The summed E-state index contributed by atoms with van der Waals surface area (Å²) in [4.78, 5) is 4.37. The SMILES string of the molecule is CSC1N=C(/N=N/c2ccc(O)c(Cl)c2)SN1C. The smallest absolute Gasteiger partial charge is 0.222 e. The Labute approximate surface area is 118 Å². The third-order valence-electron chi connectivity index (χ3n) is 2.15. The predicted octanol–water partition coefficient (Wildman–Crippen LogP) is 3.73. The van der Waals surface area contributed by atoms with Gasteiger partial charge in [0.1, 0.15) is 5.75 Å². The second-order valence-corrected chi connectivity index (χ2v) is 5.87. The van der Waals surface area contributed by atoms with Crippen molar-refractivity contribution in [3.8, 4) is 5.75 Å². The van der Waals surface area contributed by atoms with E-state index in [4.69, 9.17) is 11.6 Å². The maximum absolute atomic E-state index is 9.28. The number of benzene rings is 1. The molecule has 8 heteroatoms. The molecule has 1 aromatic carbocycles. The Bertz CT molecular complexity index is 509. The Morgan fingerprint density at radius 3 is 2.89 bits per heavy atom. The van der Waals surface area contributed by atoms with Gasteiger partial charge in [0.05, 0.1) is 10.7 Å². The summed E-state index contributed by atoms with van der Waals surface area (Å²) in [5, 5.41) is 18.2. The van der Waals surface area contributed by atoms with Gasteiger partial charge >= 0.3 is 0 Å². The van der Waals surface area contributed by atoms with Crippen LogP contribution in [-0.4, -0.2) is 33.4 Å². The van der Waals surface area contributed by atoms with Crippen LogP contribution >= 0.6 is 35.3 Å². The molecule has 1 unspecified atom stereocenters. The Hall–Kier alpha value is -0.760. The summed E-state index contributed by atoms with van der Waals surface area (Å²) in [6.45, 7) is 0. The summed E-state index contributed by atoms with van der Waals surface area (Å²) in [5.41, 5.74) is 0.656. The van der Waals surface area contributed by atoms with Gasteiger partial charge in [0.15, 0.2) is 5.50 Å². The molecule has 96 valence electrons. The van der Waals surface area contributed by atoms with Crippen LogP contribution < -0.4 is 0 Å². The molecular formula is C10H11ClN4OS2. The molecule has 5 nitrogen and oxygen atoms in total. The Balaban J connectivity index is 2.10. The number of nitrogens with zero attached hydrogens (tertiary/aromatic N) is 4. The van der Waals surface area contributed by atoms with Gasteiger partial charge in [0.25, 0.3) is 0 Å². The van der Waals surface area contributed by atoms with Crippen molar-refractivity contribution in [1.82, 2.24) is 4.31 Å². The van der Waals surface area contributed by atoms with Crippen molar-refractivity contribution in [2.24, 2.45) is 15.2 Å². The van der Waals surface area contributed by atoms with Crippen LogP contribution in [0.1, 0.15) is 0 Å². The van der Waals surface area contributed by atoms with Crippen LogP contribution in [0.25, 0.3) is 0 Å². The lowest BCUT2D eigenvalue weighted by molar-refractivity contribution is 0.475. The largest absolute Gasteiger partial charge is 0.506 e.